The van der Waals surface area contributed by atoms with E-state index in [1.54, 1.807) is 0 Å². The average Bonchev–Trinajstić information content (AvgIpc) is 2.54. The van der Waals surface area contributed by atoms with Crippen molar-refractivity contribution in [2.24, 2.45) is 0 Å². The molecule has 0 aliphatic heterocycles. The van der Waals surface area contributed by atoms with Crippen molar-refractivity contribution in [2.45, 2.75) is 22.9 Å². The molecule has 23 heavy (non-hydrogen) atoms. The van der Waals surface area contributed by atoms with Crippen molar-refractivity contribution < 1.29 is 4.79 Å². The van der Waals surface area contributed by atoms with E-state index in [2.05, 4.69) is 10.6 Å². The number of alkyl halides is 3. The monoisotopic (exact) mass is 370 g/mol. The van der Waals surface area contributed by atoms with E-state index in [-0.39, 0.29) is 5.91 Å². The summed E-state index contributed by atoms with van der Waals surface area (Å²) in [7, 11) is 0. The summed E-state index contributed by atoms with van der Waals surface area (Å²) < 4.78 is -1.74. The van der Waals surface area contributed by atoms with E-state index in [0.29, 0.717) is 13.1 Å². The predicted molar refractivity (Wildman–Crippen MR) is 95.6 cm³/mol. The number of halogens is 3. The van der Waals surface area contributed by atoms with Gasteiger partial charge in [-0.05, 0) is 11.1 Å². The van der Waals surface area contributed by atoms with Crippen LogP contribution in [0.5, 0.6) is 0 Å². The molecule has 2 aromatic rings. The molecular formula is C17H17Cl3N2O. The van der Waals surface area contributed by atoms with E-state index in [0.717, 1.165) is 11.1 Å². The standard InChI is InChI=1S/C17H17Cl3N2O/c18-17(19,20)15(21-11-13-7-3-1-4-8-13)16(23)22-12-14-9-5-2-6-10-14/h1-10,15,21H,11-12H2,(H,22,23). The number of carbonyl (C=O) groups excluding carboxylic acids is 1. The minimum absolute atomic E-state index is 0.357. The Balaban J connectivity index is 1.96. The Morgan fingerprint density at radius 2 is 1.35 bits per heavy atom. The van der Waals surface area contributed by atoms with Crippen molar-refractivity contribution in [2.75, 3.05) is 0 Å². The molecule has 0 bridgehead atoms. The van der Waals surface area contributed by atoms with Crippen molar-refractivity contribution in [3.05, 3.63) is 71.8 Å². The molecule has 6 heteroatoms. The third kappa shape index (κ3) is 6.04. The molecule has 0 saturated carbocycles. The Morgan fingerprint density at radius 1 is 0.870 bits per heavy atom. The minimum Gasteiger partial charge on any atom is -0.351 e. The molecule has 0 heterocycles. The summed E-state index contributed by atoms with van der Waals surface area (Å²) in [6, 6.07) is 18.2. The van der Waals surface area contributed by atoms with Crippen LogP contribution in [0.2, 0.25) is 0 Å². The third-order valence-electron chi connectivity index (χ3n) is 3.25. The maximum Gasteiger partial charge on any atom is 0.241 e. The van der Waals surface area contributed by atoms with Gasteiger partial charge in [0.15, 0.2) is 0 Å². The quantitative estimate of drug-likeness (QED) is 0.758. The van der Waals surface area contributed by atoms with Crippen molar-refractivity contribution in [1.82, 2.24) is 10.6 Å². The normalized spacial score (nSPS) is 12.7. The third-order valence-corrected chi connectivity index (χ3v) is 3.91. The molecule has 2 N–H and O–H groups in total. The molecule has 0 spiro atoms. The predicted octanol–water partition coefficient (Wildman–Crippen LogP) is 3.83. The van der Waals surface area contributed by atoms with Crippen LogP contribution in [0.4, 0.5) is 0 Å². The molecule has 1 unspecified atom stereocenters. The summed E-state index contributed by atoms with van der Waals surface area (Å²) in [6.45, 7) is 0.808. The van der Waals surface area contributed by atoms with Gasteiger partial charge in [0.05, 0.1) is 0 Å². The van der Waals surface area contributed by atoms with Gasteiger partial charge in [0, 0.05) is 13.1 Å². The fourth-order valence-corrected chi connectivity index (χ4v) is 2.59. The molecular weight excluding hydrogens is 355 g/mol. The number of rotatable bonds is 6. The maximum absolute atomic E-state index is 12.4. The average molecular weight is 372 g/mol. The molecule has 2 rings (SSSR count). The number of hydrogen-bond donors (Lipinski definition) is 2. The Labute approximate surface area is 150 Å². The summed E-state index contributed by atoms with van der Waals surface area (Å²) in [5, 5.41) is 5.79. The van der Waals surface area contributed by atoms with Gasteiger partial charge in [-0.3, -0.25) is 10.1 Å². The number of carbonyl (C=O) groups is 1. The SMILES string of the molecule is O=C(NCc1ccccc1)C(NCc1ccccc1)C(Cl)(Cl)Cl. The summed E-state index contributed by atoms with van der Waals surface area (Å²) in [5.74, 6) is -0.357. The Bertz CT molecular complexity index is 615. The molecule has 1 atom stereocenters. The van der Waals surface area contributed by atoms with Gasteiger partial charge in [-0.15, -0.1) is 0 Å². The van der Waals surface area contributed by atoms with Crippen molar-refractivity contribution in [3.63, 3.8) is 0 Å². The number of benzene rings is 2. The Hall–Kier alpha value is -1.26. The van der Waals surface area contributed by atoms with Crippen LogP contribution in [0.3, 0.4) is 0 Å². The summed E-state index contributed by atoms with van der Waals surface area (Å²) in [4.78, 5) is 12.4. The topological polar surface area (TPSA) is 41.1 Å². The van der Waals surface area contributed by atoms with Crippen LogP contribution in [-0.2, 0) is 17.9 Å². The second-order valence-corrected chi connectivity index (χ2v) is 7.41. The van der Waals surface area contributed by atoms with Gasteiger partial charge in [0.1, 0.15) is 6.04 Å². The van der Waals surface area contributed by atoms with Gasteiger partial charge in [-0.25, -0.2) is 0 Å². The van der Waals surface area contributed by atoms with Crippen LogP contribution in [0, 0.1) is 0 Å². The lowest BCUT2D eigenvalue weighted by Crippen LogP contribution is -2.51. The molecule has 0 aromatic heterocycles. The smallest absolute Gasteiger partial charge is 0.241 e. The molecule has 0 saturated heterocycles. The van der Waals surface area contributed by atoms with E-state index in [9.17, 15) is 4.79 Å². The second kappa shape index (κ2) is 8.55. The molecule has 0 fully saturated rings. The fourth-order valence-electron chi connectivity index (χ4n) is 2.06. The molecule has 0 radical (unpaired) electrons. The molecule has 122 valence electrons. The number of hydrogen-bond acceptors (Lipinski definition) is 2. The summed E-state index contributed by atoms with van der Waals surface area (Å²) in [5.41, 5.74) is 1.98. The molecule has 0 aliphatic carbocycles. The van der Waals surface area contributed by atoms with Crippen molar-refractivity contribution >= 4 is 40.7 Å². The van der Waals surface area contributed by atoms with Crippen LogP contribution in [-0.4, -0.2) is 15.7 Å². The van der Waals surface area contributed by atoms with Crippen molar-refractivity contribution in [3.8, 4) is 0 Å². The van der Waals surface area contributed by atoms with Gasteiger partial charge in [0.25, 0.3) is 0 Å². The maximum atomic E-state index is 12.4. The van der Waals surface area contributed by atoms with Crippen LogP contribution in [0.15, 0.2) is 60.7 Å². The van der Waals surface area contributed by atoms with Gasteiger partial charge in [0.2, 0.25) is 9.70 Å². The zero-order chi connectivity index (χ0) is 16.7. The van der Waals surface area contributed by atoms with Crippen LogP contribution in [0.25, 0.3) is 0 Å². The highest BCUT2D eigenvalue weighted by Gasteiger charge is 2.37. The lowest BCUT2D eigenvalue weighted by atomic mass is 10.2. The fraction of sp³-hybridized carbons (Fsp3) is 0.235. The highest BCUT2D eigenvalue weighted by molar-refractivity contribution is 6.69. The Morgan fingerprint density at radius 3 is 1.83 bits per heavy atom. The van der Waals surface area contributed by atoms with Gasteiger partial charge in [-0.1, -0.05) is 95.5 Å². The lowest BCUT2D eigenvalue weighted by molar-refractivity contribution is -0.123. The molecule has 0 aliphatic rings. The van der Waals surface area contributed by atoms with Gasteiger partial charge < -0.3 is 5.32 Å². The summed E-state index contributed by atoms with van der Waals surface area (Å²) >= 11 is 17.8. The first kappa shape index (κ1) is 18.1. The second-order valence-electron chi connectivity index (χ2n) is 5.04. The van der Waals surface area contributed by atoms with E-state index >= 15 is 0 Å². The first-order chi connectivity index (χ1) is 11.0. The first-order valence-electron chi connectivity index (χ1n) is 7.12. The van der Waals surface area contributed by atoms with Crippen LogP contribution in [0.1, 0.15) is 11.1 Å². The van der Waals surface area contributed by atoms with E-state index in [4.69, 9.17) is 34.8 Å². The largest absolute Gasteiger partial charge is 0.351 e. The zero-order valence-electron chi connectivity index (χ0n) is 12.3. The van der Waals surface area contributed by atoms with E-state index < -0.39 is 9.83 Å². The number of nitrogens with one attached hydrogen (secondary N) is 2. The molecule has 2 aromatic carbocycles. The zero-order valence-corrected chi connectivity index (χ0v) is 14.6. The molecule has 1 amide bonds. The van der Waals surface area contributed by atoms with E-state index in [1.807, 2.05) is 60.7 Å². The lowest BCUT2D eigenvalue weighted by Gasteiger charge is -2.24. The van der Waals surface area contributed by atoms with Gasteiger partial charge >= 0.3 is 0 Å². The highest BCUT2D eigenvalue weighted by Crippen LogP contribution is 2.30. The van der Waals surface area contributed by atoms with Crippen LogP contribution >= 0.6 is 34.8 Å². The number of amides is 1. The van der Waals surface area contributed by atoms with Crippen LogP contribution < -0.4 is 10.6 Å². The molecule has 3 nitrogen and oxygen atoms in total. The highest BCUT2D eigenvalue weighted by atomic mass is 35.6. The van der Waals surface area contributed by atoms with Crippen molar-refractivity contribution in [1.29, 1.82) is 0 Å². The van der Waals surface area contributed by atoms with E-state index in [1.165, 1.54) is 0 Å². The first-order valence-corrected chi connectivity index (χ1v) is 8.26. The van der Waals surface area contributed by atoms with Gasteiger partial charge in [-0.2, -0.15) is 0 Å². The Kier molecular flexibility index (Phi) is 6.72. The summed E-state index contributed by atoms with van der Waals surface area (Å²) in [6.07, 6.45) is 0. The minimum atomic E-state index is -1.74.